The van der Waals surface area contributed by atoms with E-state index in [0.29, 0.717) is 6.04 Å². The first-order valence-corrected chi connectivity index (χ1v) is 6.60. The van der Waals surface area contributed by atoms with Crippen molar-refractivity contribution < 1.29 is 33.3 Å². The molecule has 1 amide bonds. The third-order valence-corrected chi connectivity index (χ3v) is 4.25. The minimum absolute atomic E-state index is 0. The van der Waals surface area contributed by atoms with Gasteiger partial charge in [0.2, 0.25) is 0 Å². The number of amides is 1. The number of carbonyl (C=O) groups is 1. The van der Waals surface area contributed by atoms with Gasteiger partial charge in [-0.25, -0.2) is 9.36 Å². The Labute approximate surface area is 125 Å². The van der Waals surface area contributed by atoms with Crippen LogP contribution in [0.4, 0.5) is 4.79 Å². The van der Waals surface area contributed by atoms with Gasteiger partial charge in [-0.2, -0.15) is 4.57 Å². The highest BCUT2D eigenvalue weighted by atomic mass is 127. The van der Waals surface area contributed by atoms with E-state index in [1.807, 2.05) is 30.3 Å². The molecular formula is C13H20IN3O. The van der Waals surface area contributed by atoms with Gasteiger partial charge in [-0.15, -0.1) is 0 Å². The quantitative estimate of drug-likeness (QED) is 0.411. The molecule has 1 aromatic rings. The van der Waals surface area contributed by atoms with E-state index in [2.05, 4.69) is 4.90 Å². The first kappa shape index (κ1) is 13.8. The molecule has 4 nitrogen and oxygen atoms in total. The van der Waals surface area contributed by atoms with E-state index in [1.54, 1.807) is 4.57 Å². The van der Waals surface area contributed by atoms with Gasteiger partial charge in [0, 0.05) is 12.6 Å². The fourth-order valence-corrected chi connectivity index (χ4v) is 3.36. The summed E-state index contributed by atoms with van der Waals surface area (Å²) in [6.07, 6.45) is 11.9. The van der Waals surface area contributed by atoms with Gasteiger partial charge in [0.15, 0.2) is 0 Å². The zero-order valence-electron chi connectivity index (χ0n) is 10.8. The van der Waals surface area contributed by atoms with Crippen LogP contribution in [-0.4, -0.2) is 28.1 Å². The van der Waals surface area contributed by atoms with Gasteiger partial charge in [-0.05, 0) is 25.2 Å². The average Bonchev–Trinajstić information content (AvgIpc) is 2.94. The maximum Gasteiger partial charge on any atom is 0.416 e. The van der Waals surface area contributed by atoms with E-state index >= 15 is 0 Å². The summed E-state index contributed by atoms with van der Waals surface area (Å²) in [5.41, 5.74) is 0. The molecule has 2 heterocycles. The van der Waals surface area contributed by atoms with E-state index in [1.165, 1.54) is 32.1 Å². The number of aromatic nitrogens is 2. The number of hydrogen-bond acceptors (Lipinski definition) is 1. The standard InChI is InChI=1S/C13H20N3O.HI/c1-14-8-9-15(10-14)13(17)16-7-6-11-4-2-3-5-12(11)16;/h8-12H,2-7H2,1H3;1H/q+1;/p-1. The largest absolute Gasteiger partial charge is 1.00 e. The third-order valence-electron chi connectivity index (χ3n) is 4.25. The van der Waals surface area contributed by atoms with E-state index in [4.69, 9.17) is 0 Å². The van der Waals surface area contributed by atoms with E-state index < -0.39 is 0 Å². The Morgan fingerprint density at radius 1 is 1.28 bits per heavy atom. The molecule has 2 fully saturated rings. The van der Waals surface area contributed by atoms with Crippen LogP contribution in [0.25, 0.3) is 0 Å². The molecule has 2 atom stereocenters. The van der Waals surface area contributed by atoms with Crippen molar-refractivity contribution in [1.82, 2.24) is 9.47 Å². The highest BCUT2D eigenvalue weighted by Gasteiger charge is 2.40. The van der Waals surface area contributed by atoms with Crippen LogP contribution < -0.4 is 28.5 Å². The Morgan fingerprint density at radius 2 is 2.06 bits per heavy atom. The molecule has 0 radical (unpaired) electrons. The van der Waals surface area contributed by atoms with Crippen LogP contribution >= 0.6 is 0 Å². The summed E-state index contributed by atoms with van der Waals surface area (Å²) in [6.45, 7) is 0.941. The molecule has 0 N–H and O–H groups in total. The average molecular weight is 361 g/mol. The summed E-state index contributed by atoms with van der Waals surface area (Å²) < 4.78 is 3.61. The second kappa shape index (κ2) is 5.59. The summed E-state index contributed by atoms with van der Waals surface area (Å²) in [4.78, 5) is 14.5. The molecule has 100 valence electrons. The minimum Gasteiger partial charge on any atom is -1.00 e. The topological polar surface area (TPSA) is 29.1 Å². The Kier molecular flexibility index (Phi) is 4.29. The number of rotatable bonds is 0. The molecule has 0 aromatic carbocycles. The van der Waals surface area contributed by atoms with Crippen LogP contribution in [0.1, 0.15) is 32.1 Å². The van der Waals surface area contributed by atoms with E-state index in [0.717, 1.165) is 12.5 Å². The van der Waals surface area contributed by atoms with Crippen molar-refractivity contribution in [1.29, 1.82) is 0 Å². The van der Waals surface area contributed by atoms with Crippen molar-refractivity contribution in [3.05, 3.63) is 18.7 Å². The second-order valence-corrected chi connectivity index (χ2v) is 5.36. The second-order valence-electron chi connectivity index (χ2n) is 5.36. The number of imidazole rings is 1. The molecule has 1 aromatic heterocycles. The molecule has 0 spiro atoms. The summed E-state index contributed by atoms with van der Waals surface area (Å²) >= 11 is 0. The van der Waals surface area contributed by atoms with E-state index in [-0.39, 0.29) is 30.0 Å². The zero-order valence-corrected chi connectivity index (χ0v) is 12.9. The molecule has 2 unspecified atom stereocenters. The van der Waals surface area contributed by atoms with Crippen LogP contribution in [0, 0.1) is 5.92 Å². The Morgan fingerprint density at radius 3 is 2.78 bits per heavy atom. The molecule has 5 heteroatoms. The lowest BCUT2D eigenvalue weighted by atomic mass is 9.85. The number of aryl methyl sites for hydroxylation is 1. The predicted octanol–water partition coefficient (Wildman–Crippen LogP) is -1.45. The lowest BCUT2D eigenvalue weighted by Gasteiger charge is -2.30. The van der Waals surface area contributed by atoms with Crippen molar-refractivity contribution in [2.75, 3.05) is 6.54 Å². The number of halogens is 1. The summed E-state index contributed by atoms with van der Waals surface area (Å²) in [5.74, 6) is 0.761. The molecule has 3 rings (SSSR count). The van der Waals surface area contributed by atoms with Gasteiger partial charge < -0.3 is 28.9 Å². The van der Waals surface area contributed by atoms with Crippen LogP contribution in [0.3, 0.4) is 0 Å². The van der Waals surface area contributed by atoms with Gasteiger partial charge >= 0.3 is 6.03 Å². The molecule has 1 aliphatic carbocycles. The first-order valence-electron chi connectivity index (χ1n) is 6.60. The van der Waals surface area contributed by atoms with Crippen molar-refractivity contribution in [3.63, 3.8) is 0 Å². The van der Waals surface area contributed by atoms with Gasteiger partial charge in [0.1, 0.15) is 12.4 Å². The molecule has 1 saturated carbocycles. The Balaban J connectivity index is 0.00000120. The highest BCUT2D eigenvalue weighted by Crippen LogP contribution is 2.36. The molecule has 18 heavy (non-hydrogen) atoms. The smallest absolute Gasteiger partial charge is 0.416 e. The fourth-order valence-electron chi connectivity index (χ4n) is 3.36. The number of nitrogens with zero attached hydrogens (tertiary/aromatic N) is 3. The summed E-state index contributed by atoms with van der Waals surface area (Å²) in [5, 5.41) is 0. The molecule has 0 bridgehead atoms. The number of carbonyl (C=O) groups excluding carboxylic acids is 1. The molecular weight excluding hydrogens is 341 g/mol. The number of hydrogen-bond donors (Lipinski definition) is 0. The fraction of sp³-hybridized carbons (Fsp3) is 0.692. The highest BCUT2D eigenvalue weighted by molar-refractivity contribution is 5.77. The van der Waals surface area contributed by atoms with Crippen molar-refractivity contribution in [2.24, 2.45) is 13.0 Å². The van der Waals surface area contributed by atoms with Gasteiger partial charge in [0.05, 0.1) is 7.05 Å². The minimum atomic E-state index is 0. The zero-order chi connectivity index (χ0) is 11.8. The van der Waals surface area contributed by atoms with Crippen LogP contribution in [0.5, 0.6) is 0 Å². The predicted molar refractivity (Wildman–Crippen MR) is 63.5 cm³/mol. The monoisotopic (exact) mass is 361 g/mol. The summed E-state index contributed by atoms with van der Waals surface area (Å²) in [7, 11) is 1.94. The van der Waals surface area contributed by atoms with Crippen molar-refractivity contribution in [3.8, 4) is 0 Å². The van der Waals surface area contributed by atoms with Gasteiger partial charge in [-0.1, -0.05) is 12.8 Å². The first-order chi connectivity index (χ1) is 8.25. The lowest BCUT2D eigenvalue weighted by molar-refractivity contribution is -0.670. The molecule has 1 aliphatic heterocycles. The SMILES string of the molecule is C[n+]1ccn(C(=O)N2CCC3CCCCC32)c1.[I-]. The van der Waals surface area contributed by atoms with Crippen molar-refractivity contribution >= 4 is 6.03 Å². The third kappa shape index (κ3) is 2.41. The van der Waals surface area contributed by atoms with Crippen LogP contribution in [0.15, 0.2) is 18.7 Å². The van der Waals surface area contributed by atoms with Crippen molar-refractivity contribution in [2.45, 2.75) is 38.1 Å². The number of fused-ring (bicyclic) bond motifs is 1. The normalized spacial score (nSPS) is 26.6. The van der Waals surface area contributed by atoms with Crippen LogP contribution in [0.2, 0.25) is 0 Å². The van der Waals surface area contributed by atoms with E-state index in [9.17, 15) is 4.79 Å². The van der Waals surface area contributed by atoms with Gasteiger partial charge in [0.25, 0.3) is 6.33 Å². The maximum atomic E-state index is 12.4. The Bertz CT molecular complexity index is 432. The molecule has 2 aliphatic rings. The maximum absolute atomic E-state index is 12.4. The van der Waals surface area contributed by atoms with Gasteiger partial charge in [-0.3, -0.25) is 0 Å². The molecule has 1 saturated heterocycles. The summed E-state index contributed by atoms with van der Waals surface area (Å²) in [6, 6.07) is 0.656. The number of likely N-dealkylation sites (tertiary alicyclic amines) is 1. The Hall–Kier alpha value is -0.590. The lowest BCUT2D eigenvalue weighted by Crippen LogP contribution is -3.00. The van der Waals surface area contributed by atoms with Crippen LogP contribution in [-0.2, 0) is 7.05 Å².